The van der Waals surface area contributed by atoms with E-state index in [1.165, 1.54) is 0 Å². The highest BCUT2D eigenvalue weighted by molar-refractivity contribution is 9.11. The molecule has 1 fully saturated rings. The first-order chi connectivity index (χ1) is 9.95. The molecule has 1 aromatic carbocycles. The Labute approximate surface area is 137 Å². The van der Waals surface area contributed by atoms with Crippen LogP contribution in [0.2, 0.25) is 0 Å². The minimum atomic E-state index is -0.648. The summed E-state index contributed by atoms with van der Waals surface area (Å²) >= 11 is 6.62. The predicted octanol–water partition coefficient (Wildman–Crippen LogP) is 1.97. The Balaban J connectivity index is 1.82. The summed E-state index contributed by atoms with van der Waals surface area (Å²) in [4.78, 5) is 34.3. The summed E-state index contributed by atoms with van der Waals surface area (Å²) in [6, 6.07) is 4.63. The molecule has 0 spiro atoms. The van der Waals surface area contributed by atoms with Gasteiger partial charge in [-0.15, -0.1) is 0 Å². The number of amides is 2. The van der Waals surface area contributed by atoms with Gasteiger partial charge in [0.05, 0.1) is 5.69 Å². The van der Waals surface area contributed by atoms with Gasteiger partial charge in [0.25, 0.3) is 5.91 Å². The Morgan fingerprint density at radius 1 is 1.38 bits per heavy atom. The first kappa shape index (κ1) is 16.0. The summed E-state index contributed by atoms with van der Waals surface area (Å²) in [5.74, 6) is -1.22. The highest BCUT2D eigenvalue weighted by Crippen LogP contribution is 2.26. The van der Waals surface area contributed by atoms with Gasteiger partial charge in [-0.2, -0.15) is 0 Å². The van der Waals surface area contributed by atoms with Gasteiger partial charge >= 0.3 is 5.97 Å². The zero-order valence-corrected chi connectivity index (χ0v) is 14.0. The Kier molecular flexibility index (Phi) is 5.35. The molecule has 112 valence electrons. The van der Waals surface area contributed by atoms with Crippen molar-refractivity contribution < 1.29 is 19.1 Å². The van der Waals surface area contributed by atoms with Crippen LogP contribution in [0.25, 0.3) is 0 Å². The summed E-state index contributed by atoms with van der Waals surface area (Å²) in [6.07, 6.45) is 0.704. The third-order valence-corrected chi connectivity index (χ3v) is 3.98. The monoisotopic (exact) mass is 418 g/mol. The van der Waals surface area contributed by atoms with Crippen molar-refractivity contribution in [3.63, 3.8) is 0 Å². The highest BCUT2D eigenvalue weighted by atomic mass is 79.9. The number of halogens is 2. The molecule has 6 nitrogen and oxygen atoms in total. The van der Waals surface area contributed by atoms with Crippen LogP contribution in [0.4, 0.5) is 5.69 Å². The van der Waals surface area contributed by atoms with Crippen LogP contribution in [0.5, 0.6) is 0 Å². The fourth-order valence-corrected chi connectivity index (χ4v) is 2.95. The zero-order valence-electron chi connectivity index (χ0n) is 10.8. The molecule has 1 heterocycles. The second-order valence-electron chi connectivity index (χ2n) is 4.44. The van der Waals surface area contributed by atoms with Crippen molar-refractivity contribution in [1.82, 2.24) is 5.32 Å². The van der Waals surface area contributed by atoms with Gasteiger partial charge in [0, 0.05) is 15.4 Å². The lowest BCUT2D eigenvalue weighted by atomic mass is 10.2. The third kappa shape index (κ3) is 4.53. The number of carbonyl (C=O) groups is 3. The van der Waals surface area contributed by atoms with Crippen molar-refractivity contribution >= 4 is 55.3 Å². The van der Waals surface area contributed by atoms with E-state index in [1.807, 2.05) is 0 Å². The van der Waals surface area contributed by atoms with E-state index in [9.17, 15) is 14.4 Å². The third-order valence-electron chi connectivity index (χ3n) is 2.83. The first-order valence-electron chi connectivity index (χ1n) is 6.16. The van der Waals surface area contributed by atoms with Crippen LogP contribution in [0, 0.1) is 0 Å². The van der Waals surface area contributed by atoms with Crippen LogP contribution in [-0.2, 0) is 19.1 Å². The van der Waals surface area contributed by atoms with Crippen molar-refractivity contribution in [2.24, 2.45) is 0 Å². The van der Waals surface area contributed by atoms with Crippen molar-refractivity contribution in [3.8, 4) is 0 Å². The van der Waals surface area contributed by atoms with E-state index in [4.69, 9.17) is 4.74 Å². The van der Waals surface area contributed by atoms with Gasteiger partial charge in [0.1, 0.15) is 6.04 Å². The molecular weight excluding hydrogens is 408 g/mol. The maximum Gasteiger partial charge on any atom is 0.329 e. The first-order valence-corrected chi connectivity index (χ1v) is 7.75. The fraction of sp³-hybridized carbons (Fsp3) is 0.308. The average molecular weight is 420 g/mol. The quantitative estimate of drug-likeness (QED) is 0.730. The van der Waals surface area contributed by atoms with Crippen LogP contribution < -0.4 is 10.6 Å². The molecule has 0 aliphatic carbocycles. The Hall–Kier alpha value is -1.41. The maximum absolute atomic E-state index is 11.7. The van der Waals surface area contributed by atoms with Crippen LogP contribution >= 0.6 is 31.9 Å². The maximum atomic E-state index is 11.7. The zero-order chi connectivity index (χ0) is 15.4. The van der Waals surface area contributed by atoms with Crippen LogP contribution in [0.1, 0.15) is 12.8 Å². The van der Waals surface area contributed by atoms with Crippen LogP contribution in [0.15, 0.2) is 27.1 Å². The van der Waals surface area contributed by atoms with Gasteiger partial charge in [-0.05, 0) is 40.5 Å². The molecule has 1 atom stereocenters. The SMILES string of the molecule is O=C(COC(=O)C1CCC(=O)N1)Nc1ccc(Br)cc1Br. The van der Waals surface area contributed by atoms with Crippen LogP contribution in [0.3, 0.4) is 0 Å². The standard InChI is InChI=1S/C13H12Br2N2O4/c14-7-1-2-9(8(15)5-7)16-12(19)6-21-13(20)10-3-4-11(18)17-10/h1-2,5,10H,3-4,6H2,(H,16,19)(H,17,18). The number of benzene rings is 1. The predicted molar refractivity (Wildman–Crippen MR) is 82.6 cm³/mol. The molecule has 2 rings (SSSR count). The minimum absolute atomic E-state index is 0.180. The Morgan fingerprint density at radius 2 is 2.14 bits per heavy atom. The van der Waals surface area contributed by atoms with Crippen molar-refractivity contribution in [2.45, 2.75) is 18.9 Å². The van der Waals surface area contributed by atoms with E-state index in [0.29, 0.717) is 23.0 Å². The lowest BCUT2D eigenvalue weighted by Gasteiger charge is -2.11. The molecule has 0 bridgehead atoms. The summed E-state index contributed by atoms with van der Waals surface area (Å²) in [5.41, 5.74) is 0.577. The van der Waals surface area contributed by atoms with Crippen molar-refractivity contribution in [2.75, 3.05) is 11.9 Å². The van der Waals surface area contributed by atoms with Crippen LogP contribution in [-0.4, -0.2) is 30.4 Å². The van der Waals surface area contributed by atoms with Gasteiger partial charge in [0.15, 0.2) is 6.61 Å². The lowest BCUT2D eigenvalue weighted by Crippen LogP contribution is -2.36. The van der Waals surface area contributed by atoms with E-state index in [1.54, 1.807) is 18.2 Å². The molecule has 1 aliphatic heterocycles. The normalized spacial score (nSPS) is 17.2. The second kappa shape index (κ2) is 7.04. The largest absolute Gasteiger partial charge is 0.454 e. The smallest absolute Gasteiger partial charge is 0.329 e. The van der Waals surface area contributed by atoms with Gasteiger partial charge < -0.3 is 15.4 Å². The second-order valence-corrected chi connectivity index (χ2v) is 6.21. The molecule has 21 heavy (non-hydrogen) atoms. The lowest BCUT2D eigenvalue weighted by molar-refractivity contribution is -0.149. The summed E-state index contributed by atoms with van der Waals surface area (Å²) in [7, 11) is 0. The molecule has 8 heteroatoms. The van der Waals surface area contributed by atoms with Crippen molar-refractivity contribution in [3.05, 3.63) is 27.1 Å². The minimum Gasteiger partial charge on any atom is -0.454 e. The van der Waals surface area contributed by atoms with E-state index >= 15 is 0 Å². The molecule has 1 aliphatic rings. The number of esters is 1. The molecule has 2 N–H and O–H groups in total. The molecule has 2 amide bonds. The summed E-state index contributed by atoms with van der Waals surface area (Å²) in [5, 5.41) is 5.11. The van der Waals surface area contributed by atoms with Gasteiger partial charge in [-0.1, -0.05) is 15.9 Å². The van der Waals surface area contributed by atoms with Gasteiger partial charge in [-0.25, -0.2) is 4.79 Å². The van der Waals surface area contributed by atoms with E-state index in [-0.39, 0.29) is 5.91 Å². The fourth-order valence-electron chi connectivity index (χ4n) is 1.81. The number of nitrogens with one attached hydrogen (secondary N) is 2. The highest BCUT2D eigenvalue weighted by Gasteiger charge is 2.28. The van der Waals surface area contributed by atoms with Crippen molar-refractivity contribution in [1.29, 1.82) is 0 Å². The molecule has 0 aromatic heterocycles. The topological polar surface area (TPSA) is 84.5 Å². The number of carbonyl (C=O) groups excluding carboxylic acids is 3. The van der Waals surface area contributed by atoms with E-state index in [0.717, 1.165) is 4.47 Å². The Bertz CT molecular complexity index is 592. The molecule has 1 unspecified atom stereocenters. The number of rotatable bonds is 4. The number of hydrogen-bond acceptors (Lipinski definition) is 4. The number of anilines is 1. The average Bonchev–Trinajstić information content (AvgIpc) is 2.86. The van der Waals surface area contributed by atoms with E-state index < -0.39 is 24.5 Å². The molecule has 1 aromatic rings. The summed E-state index contributed by atoms with van der Waals surface area (Å²) in [6.45, 7) is -0.395. The van der Waals surface area contributed by atoms with E-state index in [2.05, 4.69) is 42.5 Å². The summed E-state index contributed by atoms with van der Waals surface area (Å²) < 4.78 is 6.46. The molecular formula is C13H12Br2N2O4. The molecule has 0 radical (unpaired) electrons. The number of ether oxygens (including phenoxy) is 1. The Morgan fingerprint density at radius 3 is 2.76 bits per heavy atom. The molecule has 0 saturated carbocycles. The number of hydrogen-bond donors (Lipinski definition) is 2. The van der Waals surface area contributed by atoms with Gasteiger partial charge in [0.2, 0.25) is 5.91 Å². The molecule has 1 saturated heterocycles. The van der Waals surface area contributed by atoms with Gasteiger partial charge in [-0.3, -0.25) is 9.59 Å².